The summed E-state index contributed by atoms with van der Waals surface area (Å²) in [6, 6.07) is 0.848. The van der Waals surface area contributed by atoms with Crippen LogP contribution in [0.3, 0.4) is 0 Å². The lowest BCUT2D eigenvalue weighted by molar-refractivity contribution is 0.580. The van der Waals surface area contributed by atoms with E-state index in [9.17, 15) is 0 Å². The van der Waals surface area contributed by atoms with Crippen LogP contribution in [-0.2, 0) is 6.54 Å². The molecule has 0 spiro atoms. The van der Waals surface area contributed by atoms with Crippen molar-refractivity contribution in [2.24, 2.45) is 0 Å². The molecule has 0 fully saturated rings. The Morgan fingerprint density at radius 2 is 1.87 bits per heavy atom. The SMILES string of the molecule is CC(C)NCc1cncc(NC(C)C)n1. The van der Waals surface area contributed by atoms with Gasteiger partial charge in [-0.25, -0.2) is 4.98 Å². The third kappa shape index (κ3) is 4.74. The fourth-order valence-corrected chi connectivity index (χ4v) is 1.17. The molecule has 2 N–H and O–H groups in total. The van der Waals surface area contributed by atoms with Gasteiger partial charge in [0.15, 0.2) is 0 Å². The Hall–Kier alpha value is -1.16. The maximum atomic E-state index is 4.45. The zero-order valence-corrected chi connectivity index (χ0v) is 9.91. The molecule has 1 aromatic heterocycles. The predicted molar refractivity (Wildman–Crippen MR) is 62.8 cm³/mol. The molecule has 0 unspecified atom stereocenters. The summed E-state index contributed by atoms with van der Waals surface area (Å²) in [4.78, 5) is 8.60. The lowest BCUT2D eigenvalue weighted by Gasteiger charge is -2.11. The quantitative estimate of drug-likeness (QED) is 0.774. The van der Waals surface area contributed by atoms with Crippen LogP contribution in [0.1, 0.15) is 33.4 Å². The highest BCUT2D eigenvalue weighted by Crippen LogP contribution is 2.03. The van der Waals surface area contributed by atoms with Crippen molar-refractivity contribution in [2.75, 3.05) is 5.32 Å². The zero-order valence-electron chi connectivity index (χ0n) is 9.91. The van der Waals surface area contributed by atoms with Crippen LogP contribution >= 0.6 is 0 Å². The van der Waals surface area contributed by atoms with Crippen molar-refractivity contribution >= 4 is 5.82 Å². The lowest BCUT2D eigenvalue weighted by Crippen LogP contribution is -2.23. The highest BCUT2D eigenvalue weighted by Gasteiger charge is 2.00. The fourth-order valence-electron chi connectivity index (χ4n) is 1.17. The van der Waals surface area contributed by atoms with E-state index in [-0.39, 0.29) is 0 Å². The summed E-state index contributed by atoms with van der Waals surface area (Å²) in [5, 5.41) is 6.54. The minimum Gasteiger partial charge on any atom is -0.367 e. The van der Waals surface area contributed by atoms with E-state index in [4.69, 9.17) is 0 Å². The highest BCUT2D eigenvalue weighted by molar-refractivity contribution is 5.32. The minimum absolute atomic E-state index is 0.382. The standard InChI is InChI=1S/C11H20N4/c1-8(2)13-6-10-5-12-7-11(15-10)14-9(3)4/h5,7-9,13H,6H2,1-4H3,(H,14,15). The molecule has 84 valence electrons. The zero-order chi connectivity index (χ0) is 11.3. The Morgan fingerprint density at radius 3 is 2.47 bits per heavy atom. The average molecular weight is 208 g/mol. The molecule has 1 heterocycles. The number of anilines is 1. The van der Waals surface area contributed by atoms with Crippen LogP contribution in [0.5, 0.6) is 0 Å². The van der Waals surface area contributed by atoms with E-state index in [1.54, 1.807) is 12.4 Å². The molecular formula is C11H20N4. The third-order valence-corrected chi connectivity index (χ3v) is 1.81. The Kier molecular flexibility index (Phi) is 4.49. The molecule has 15 heavy (non-hydrogen) atoms. The minimum atomic E-state index is 0.382. The van der Waals surface area contributed by atoms with E-state index in [1.165, 1.54) is 0 Å². The second-order valence-electron chi connectivity index (χ2n) is 4.23. The number of nitrogens with zero attached hydrogens (tertiary/aromatic N) is 2. The smallest absolute Gasteiger partial charge is 0.145 e. The van der Waals surface area contributed by atoms with Gasteiger partial charge in [-0.3, -0.25) is 4.98 Å². The van der Waals surface area contributed by atoms with Crippen molar-refractivity contribution in [1.82, 2.24) is 15.3 Å². The van der Waals surface area contributed by atoms with Gasteiger partial charge in [0.2, 0.25) is 0 Å². The molecule has 4 heteroatoms. The molecule has 0 aromatic carbocycles. The first-order valence-corrected chi connectivity index (χ1v) is 5.38. The maximum absolute atomic E-state index is 4.45. The van der Waals surface area contributed by atoms with Crippen LogP contribution in [0, 0.1) is 0 Å². The summed E-state index contributed by atoms with van der Waals surface area (Å²) in [5.41, 5.74) is 0.967. The summed E-state index contributed by atoms with van der Waals surface area (Å²) in [7, 11) is 0. The topological polar surface area (TPSA) is 49.8 Å². The van der Waals surface area contributed by atoms with Crippen molar-refractivity contribution in [3.8, 4) is 0 Å². The van der Waals surface area contributed by atoms with Gasteiger partial charge in [-0.05, 0) is 13.8 Å². The number of aromatic nitrogens is 2. The summed E-state index contributed by atoms with van der Waals surface area (Å²) in [5.74, 6) is 0.841. The van der Waals surface area contributed by atoms with Crippen molar-refractivity contribution in [1.29, 1.82) is 0 Å². The highest BCUT2D eigenvalue weighted by atomic mass is 15.0. The van der Waals surface area contributed by atoms with Gasteiger partial charge in [0, 0.05) is 24.8 Å². The van der Waals surface area contributed by atoms with E-state index in [0.29, 0.717) is 12.1 Å². The van der Waals surface area contributed by atoms with E-state index in [2.05, 4.69) is 48.3 Å². The summed E-state index contributed by atoms with van der Waals surface area (Å²) < 4.78 is 0. The molecule has 0 aliphatic rings. The normalized spacial score (nSPS) is 11.1. The number of rotatable bonds is 5. The third-order valence-electron chi connectivity index (χ3n) is 1.81. The second-order valence-corrected chi connectivity index (χ2v) is 4.23. The molecular weight excluding hydrogens is 188 g/mol. The van der Waals surface area contributed by atoms with Gasteiger partial charge in [-0.2, -0.15) is 0 Å². The Balaban J connectivity index is 2.57. The molecule has 0 saturated carbocycles. The van der Waals surface area contributed by atoms with Crippen LogP contribution in [0.25, 0.3) is 0 Å². The Morgan fingerprint density at radius 1 is 1.13 bits per heavy atom. The van der Waals surface area contributed by atoms with E-state index in [1.807, 2.05) is 0 Å². The van der Waals surface area contributed by atoms with Gasteiger partial charge >= 0.3 is 0 Å². The van der Waals surface area contributed by atoms with Crippen molar-refractivity contribution in [3.05, 3.63) is 18.1 Å². The van der Waals surface area contributed by atoms with Crippen LogP contribution in [0.2, 0.25) is 0 Å². The van der Waals surface area contributed by atoms with Crippen LogP contribution in [0.4, 0.5) is 5.82 Å². The van der Waals surface area contributed by atoms with Crippen molar-refractivity contribution < 1.29 is 0 Å². The first kappa shape index (κ1) is 11.9. The van der Waals surface area contributed by atoms with Crippen molar-refractivity contribution in [2.45, 2.75) is 46.3 Å². The van der Waals surface area contributed by atoms with Gasteiger partial charge in [0.25, 0.3) is 0 Å². The average Bonchev–Trinajstić information content (AvgIpc) is 2.14. The fraction of sp³-hybridized carbons (Fsp3) is 0.636. The van der Waals surface area contributed by atoms with Gasteiger partial charge in [-0.1, -0.05) is 13.8 Å². The van der Waals surface area contributed by atoms with Gasteiger partial charge < -0.3 is 10.6 Å². The molecule has 0 aliphatic heterocycles. The Labute approximate surface area is 91.5 Å². The van der Waals surface area contributed by atoms with Crippen LogP contribution < -0.4 is 10.6 Å². The molecule has 0 bridgehead atoms. The lowest BCUT2D eigenvalue weighted by atomic mass is 10.3. The number of hydrogen-bond donors (Lipinski definition) is 2. The summed E-state index contributed by atoms with van der Waals surface area (Å²) in [6.45, 7) is 9.16. The van der Waals surface area contributed by atoms with E-state index < -0.39 is 0 Å². The summed E-state index contributed by atoms with van der Waals surface area (Å²) in [6.07, 6.45) is 3.54. The van der Waals surface area contributed by atoms with Crippen LogP contribution in [-0.4, -0.2) is 22.1 Å². The molecule has 0 radical (unpaired) electrons. The van der Waals surface area contributed by atoms with E-state index >= 15 is 0 Å². The van der Waals surface area contributed by atoms with Crippen LogP contribution in [0.15, 0.2) is 12.4 Å². The second kappa shape index (κ2) is 5.66. The largest absolute Gasteiger partial charge is 0.367 e. The van der Waals surface area contributed by atoms with Crippen molar-refractivity contribution in [3.63, 3.8) is 0 Å². The summed E-state index contributed by atoms with van der Waals surface area (Å²) >= 11 is 0. The molecule has 4 nitrogen and oxygen atoms in total. The molecule has 1 rings (SSSR count). The van der Waals surface area contributed by atoms with Gasteiger partial charge in [-0.15, -0.1) is 0 Å². The maximum Gasteiger partial charge on any atom is 0.145 e. The number of hydrogen-bond acceptors (Lipinski definition) is 4. The predicted octanol–water partition coefficient (Wildman–Crippen LogP) is 1.79. The number of nitrogens with one attached hydrogen (secondary N) is 2. The Bertz CT molecular complexity index is 296. The first-order valence-electron chi connectivity index (χ1n) is 5.38. The molecule has 0 aliphatic carbocycles. The molecule has 0 amide bonds. The van der Waals surface area contributed by atoms with Gasteiger partial charge in [0.1, 0.15) is 5.82 Å². The van der Waals surface area contributed by atoms with Gasteiger partial charge in [0.05, 0.1) is 11.9 Å². The van der Waals surface area contributed by atoms with E-state index in [0.717, 1.165) is 18.1 Å². The first-order chi connectivity index (χ1) is 7.08. The molecule has 0 saturated heterocycles. The molecule has 0 atom stereocenters. The monoisotopic (exact) mass is 208 g/mol. The molecule has 1 aromatic rings.